The molecule has 2 aromatic rings. The molecular weight excluding hydrogens is 266 g/mol. The topological polar surface area (TPSA) is 39.9 Å². The van der Waals surface area contributed by atoms with Crippen molar-refractivity contribution in [2.24, 2.45) is 0 Å². The van der Waals surface area contributed by atoms with Crippen LogP contribution in [0.3, 0.4) is 0 Å². The van der Waals surface area contributed by atoms with Crippen molar-refractivity contribution in [3.63, 3.8) is 0 Å². The van der Waals surface area contributed by atoms with E-state index in [0.717, 1.165) is 17.5 Å². The Labute approximate surface area is 113 Å². The van der Waals surface area contributed by atoms with E-state index >= 15 is 0 Å². The van der Waals surface area contributed by atoms with Crippen molar-refractivity contribution in [2.75, 3.05) is 6.61 Å². The average molecular weight is 284 g/mol. The molecule has 0 spiro atoms. The van der Waals surface area contributed by atoms with Crippen LogP contribution in [0.4, 0.5) is 0 Å². The Morgan fingerprint density at radius 1 is 1.39 bits per heavy atom. The Morgan fingerprint density at radius 2 is 2.17 bits per heavy atom. The number of rotatable bonds is 5. The molecule has 0 atom stereocenters. The summed E-state index contributed by atoms with van der Waals surface area (Å²) in [6.07, 6.45) is 3.60. The van der Waals surface area contributed by atoms with Gasteiger partial charge < -0.3 is 4.74 Å². The lowest BCUT2D eigenvalue weighted by atomic mass is 10.3. The molecule has 0 aromatic carbocycles. The summed E-state index contributed by atoms with van der Waals surface area (Å²) in [6, 6.07) is 2.98. The molecule has 18 heavy (non-hydrogen) atoms. The van der Waals surface area contributed by atoms with Gasteiger partial charge in [-0.3, -0.25) is 0 Å². The molecule has 0 bridgehead atoms. The van der Waals surface area contributed by atoms with Gasteiger partial charge in [-0.05, 0) is 12.1 Å². The normalized spacial score (nSPS) is 12.2. The first kappa shape index (κ1) is 13.5. The number of halogens is 1. The summed E-state index contributed by atoms with van der Waals surface area (Å²) in [6.45, 7) is 8.30. The fourth-order valence-electron chi connectivity index (χ4n) is 1.55. The fourth-order valence-corrected chi connectivity index (χ4v) is 2.48. The summed E-state index contributed by atoms with van der Waals surface area (Å²) < 4.78 is 7.42. The van der Waals surface area contributed by atoms with Gasteiger partial charge in [-0.25, -0.2) is 9.67 Å². The first-order chi connectivity index (χ1) is 8.44. The number of hydrogen-bond acceptors (Lipinski definition) is 3. The molecule has 0 amide bonds. The maximum absolute atomic E-state index is 5.83. The van der Waals surface area contributed by atoms with Crippen molar-refractivity contribution in [3.8, 4) is 0 Å². The van der Waals surface area contributed by atoms with Crippen molar-refractivity contribution in [2.45, 2.75) is 32.4 Å². The second-order valence-electron chi connectivity index (χ2n) is 5.58. The fraction of sp³-hybridized carbons (Fsp3) is 0.500. The molecule has 0 radical (unpaired) electrons. The predicted molar refractivity (Wildman–Crippen MR) is 76.6 cm³/mol. The average Bonchev–Trinajstić information content (AvgIpc) is 2.65. The first-order valence-corrected chi connectivity index (χ1v) is 10.1. The molecule has 4 nitrogen and oxygen atoms in total. The molecule has 0 fully saturated rings. The summed E-state index contributed by atoms with van der Waals surface area (Å²) >= 11 is 5.83. The van der Waals surface area contributed by atoms with E-state index in [2.05, 4.69) is 29.7 Å². The molecule has 0 aliphatic heterocycles. The van der Waals surface area contributed by atoms with E-state index in [1.54, 1.807) is 10.9 Å². The van der Waals surface area contributed by atoms with Crippen molar-refractivity contribution in [3.05, 3.63) is 23.6 Å². The van der Waals surface area contributed by atoms with E-state index < -0.39 is 8.07 Å². The minimum atomic E-state index is -1.02. The van der Waals surface area contributed by atoms with E-state index in [1.165, 1.54) is 6.04 Å². The summed E-state index contributed by atoms with van der Waals surface area (Å²) in [4.78, 5) is 4.00. The van der Waals surface area contributed by atoms with Gasteiger partial charge in [0.1, 0.15) is 17.4 Å². The van der Waals surface area contributed by atoms with Gasteiger partial charge in [-0.1, -0.05) is 31.2 Å². The van der Waals surface area contributed by atoms with Crippen LogP contribution < -0.4 is 0 Å². The van der Waals surface area contributed by atoms with Crippen LogP contribution in [-0.2, 0) is 11.5 Å². The zero-order valence-electron chi connectivity index (χ0n) is 11.0. The summed E-state index contributed by atoms with van der Waals surface area (Å²) in [5.41, 5.74) is 0.841. The third kappa shape index (κ3) is 3.80. The lowest BCUT2D eigenvalue weighted by Gasteiger charge is -2.15. The van der Waals surface area contributed by atoms with Gasteiger partial charge in [-0.2, -0.15) is 5.10 Å². The molecule has 0 N–H and O–H groups in total. The van der Waals surface area contributed by atoms with Crippen LogP contribution in [0.2, 0.25) is 30.8 Å². The van der Waals surface area contributed by atoms with Crippen molar-refractivity contribution in [1.29, 1.82) is 0 Å². The molecule has 0 aliphatic carbocycles. The highest BCUT2D eigenvalue weighted by atomic mass is 35.5. The quantitative estimate of drug-likeness (QED) is 0.480. The number of nitrogens with zero attached hydrogens (tertiary/aromatic N) is 3. The second kappa shape index (κ2) is 5.38. The zero-order chi connectivity index (χ0) is 13.2. The highest BCUT2D eigenvalue weighted by molar-refractivity contribution is 6.76. The zero-order valence-corrected chi connectivity index (χ0v) is 12.7. The number of hydrogen-bond donors (Lipinski definition) is 0. The summed E-state index contributed by atoms with van der Waals surface area (Å²) in [7, 11) is -1.02. The van der Waals surface area contributed by atoms with Gasteiger partial charge in [0.05, 0.1) is 6.20 Å². The maximum Gasteiger partial charge on any atom is 0.139 e. The molecule has 0 unspecified atom stereocenters. The van der Waals surface area contributed by atoms with Crippen molar-refractivity contribution in [1.82, 2.24) is 14.8 Å². The van der Waals surface area contributed by atoms with E-state index in [0.29, 0.717) is 11.9 Å². The Balaban J connectivity index is 1.92. The smallest absolute Gasteiger partial charge is 0.139 e. The number of aromatic nitrogens is 3. The van der Waals surface area contributed by atoms with Gasteiger partial charge in [0.25, 0.3) is 0 Å². The number of pyridine rings is 1. The molecule has 2 heterocycles. The molecule has 2 aromatic heterocycles. The van der Waals surface area contributed by atoms with Gasteiger partial charge >= 0.3 is 0 Å². The third-order valence-corrected chi connectivity index (χ3v) is 4.54. The highest BCUT2D eigenvalue weighted by Gasteiger charge is 2.12. The van der Waals surface area contributed by atoms with E-state index in [9.17, 15) is 0 Å². The SMILES string of the molecule is C[Si](C)(C)CCOCn1cc2cc(Cl)ncc2n1. The first-order valence-electron chi connectivity index (χ1n) is 6.00. The lowest BCUT2D eigenvalue weighted by Crippen LogP contribution is -2.22. The third-order valence-electron chi connectivity index (χ3n) is 2.62. The number of fused-ring (bicyclic) bond motifs is 1. The van der Waals surface area contributed by atoms with E-state index in [-0.39, 0.29) is 0 Å². The highest BCUT2D eigenvalue weighted by Crippen LogP contribution is 2.15. The summed E-state index contributed by atoms with van der Waals surface area (Å²) in [5, 5.41) is 5.85. The van der Waals surface area contributed by atoms with Gasteiger partial charge in [0.15, 0.2) is 0 Å². The molecule has 0 aliphatic rings. The van der Waals surface area contributed by atoms with Crippen LogP contribution in [0.5, 0.6) is 0 Å². The van der Waals surface area contributed by atoms with Gasteiger partial charge in [0.2, 0.25) is 0 Å². The van der Waals surface area contributed by atoms with Crippen LogP contribution in [0, 0.1) is 0 Å². The predicted octanol–water partition coefficient (Wildman–Crippen LogP) is 3.40. The Kier molecular flexibility index (Phi) is 4.04. The van der Waals surface area contributed by atoms with E-state index in [4.69, 9.17) is 16.3 Å². The molecule has 98 valence electrons. The molecular formula is C12H18ClN3OSi. The maximum atomic E-state index is 5.83. The molecule has 6 heteroatoms. The van der Waals surface area contributed by atoms with E-state index in [1.807, 2.05) is 12.3 Å². The van der Waals surface area contributed by atoms with Crippen LogP contribution in [0.1, 0.15) is 0 Å². The van der Waals surface area contributed by atoms with Crippen molar-refractivity contribution >= 4 is 30.6 Å². The molecule has 0 saturated carbocycles. The van der Waals surface area contributed by atoms with Crippen molar-refractivity contribution < 1.29 is 4.74 Å². The lowest BCUT2D eigenvalue weighted by molar-refractivity contribution is 0.0791. The minimum Gasteiger partial charge on any atom is -0.360 e. The monoisotopic (exact) mass is 283 g/mol. The number of ether oxygens (including phenoxy) is 1. The van der Waals surface area contributed by atoms with Crippen LogP contribution in [-0.4, -0.2) is 29.4 Å². The Hall–Kier alpha value is -0.913. The Bertz CT molecular complexity index is 536. The Morgan fingerprint density at radius 3 is 2.89 bits per heavy atom. The van der Waals surface area contributed by atoms with Crippen LogP contribution >= 0.6 is 11.6 Å². The molecule has 0 saturated heterocycles. The molecule has 2 rings (SSSR count). The summed E-state index contributed by atoms with van der Waals surface area (Å²) in [5.74, 6) is 0. The van der Waals surface area contributed by atoms with Crippen LogP contribution in [0.25, 0.3) is 10.9 Å². The van der Waals surface area contributed by atoms with Gasteiger partial charge in [-0.15, -0.1) is 0 Å². The van der Waals surface area contributed by atoms with Crippen LogP contribution in [0.15, 0.2) is 18.5 Å². The largest absolute Gasteiger partial charge is 0.360 e. The second-order valence-corrected chi connectivity index (χ2v) is 11.6. The minimum absolute atomic E-state index is 0.483. The van der Waals surface area contributed by atoms with Gasteiger partial charge in [0, 0.05) is 26.3 Å². The standard InChI is InChI=1S/C12H18ClN3OSi/c1-18(2,3)5-4-17-9-16-8-10-6-12(13)14-7-11(10)15-16/h6-8H,4-5,9H2,1-3H3.